The molecule has 0 saturated carbocycles. The molecule has 122 valence electrons. The molecule has 2 aliphatic heterocycles. The second-order valence-electron chi connectivity index (χ2n) is 6.17. The lowest BCUT2D eigenvalue weighted by Gasteiger charge is -2.34. The van der Waals surface area contributed by atoms with Crippen LogP contribution < -0.4 is 4.90 Å². The van der Waals surface area contributed by atoms with Crippen molar-refractivity contribution in [3.8, 4) is 0 Å². The summed E-state index contributed by atoms with van der Waals surface area (Å²) >= 11 is 1.77. The maximum Gasteiger partial charge on any atom is 0.185 e. The highest BCUT2D eigenvalue weighted by Crippen LogP contribution is 2.31. The quantitative estimate of drug-likeness (QED) is 0.862. The van der Waals surface area contributed by atoms with Gasteiger partial charge in [-0.3, -0.25) is 9.88 Å². The fourth-order valence-electron chi connectivity index (χ4n) is 3.31. The topological polar surface area (TPSA) is 41.5 Å². The van der Waals surface area contributed by atoms with E-state index in [1.54, 1.807) is 11.3 Å². The molecular formula is C17H22N4OS. The SMILES string of the molecule is c1cncc(CN2CCOC[C@@H]2c2csc(N3CCCC3)n2)c1. The van der Waals surface area contributed by atoms with E-state index in [0.717, 1.165) is 45.1 Å². The number of ether oxygens (including phenoxy) is 1. The van der Waals surface area contributed by atoms with Crippen LogP contribution in [0.1, 0.15) is 30.1 Å². The lowest BCUT2D eigenvalue weighted by molar-refractivity contribution is -0.0140. The van der Waals surface area contributed by atoms with Crippen LogP contribution in [0.3, 0.4) is 0 Å². The highest BCUT2D eigenvalue weighted by Gasteiger charge is 2.27. The minimum atomic E-state index is 0.247. The number of pyridine rings is 1. The van der Waals surface area contributed by atoms with Crippen molar-refractivity contribution in [3.63, 3.8) is 0 Å². The summed E-state index contributed by atoms with van der Waals surface area (Å²) in [5.74, 6) is 0. The van der Waals surface area contributed by atoms with Crippen LogP contribution in [0, 0.1) is 0 Å². The fourth-order valence-corrected chi connectivity index (χ4v) is 4.23. The van der Waals surface area contributed by atoms with Crippen LogP contribution in [0.25, 0.3) is 0 Å². The van der Waals surface area contributed by atoms with Crippen molar-refractivity contribution >= 4 is 16.5 Å². The average molecular weight is 330 g/mol. The van der Waals surface area contributed by atoms with Gasteiger partial charge in [-0.1, -0.05) is 6.07 Å². The van der Waals surface area contributed by atoms with Crippen molar-refractivity contribution in [2.75, 3.05) is 37.7 Å². The van der Waals surface area contributed by atoms with Crippen molar-refractivity contribution in [2.24, 2.45) is 0 Å². The van der Waals surface area contributed by atoms with Crippen LogP contribution in [0.5, 0.6) is 0 Å². The number of aromatic nitrogens is 2. The highest BCUT2D eigenvalue weighted by molar-refractivity contribution is 7.13. The third kappa shape index (κ3) is 3.39. The van der Waals surface area contributed by atoms with Gasteiger partial charge in [-0.2, -0.15) is 0 Å². The Kier molecular flexibility index (Phi) is 4.55. The van der Waals surface area contributed by atoms with Gasteiger partial charge >= 0.3 is 0 Å². The van der Waals surface area contributed by atoms with E-state index in [-0.39, 0.29) is 6.04 Å². The van der Waals surface area contributed by atoms with Gasteiger partial charge in [0.15, 0.2) is 5.13 Å². The average Bonchev–Trinajstić information content (AvgIpc) is 3.28. The van der Waals surface area contributed by atoms with Gasteiger partial charge in [0.1, 0.15) is 0 Å². The van der Waals surface area contributed by atoms with Crippen molar-refractivity contribution in [1.29, 1.82) is 0 Å². The summed E-state index contributed by atoms with van der Waals surface area (Å²) < 4.78 is 5.73. The second-order valence-corrected chi connectivity index (χ2v) is 7.01. The summed E-state index contributed by atoms with van der Waals surface area (Å²) in [6, 6.07) is 4.38. The molecule has 0 bridgehead atoms. The summed E-state index contributed by atoms with van der Waals surface area (Å²) in [6.45, 7) is 5.65. The Labute approximate surface area is 140 Å². The number of thiazole rings is 1. The molecule has 4 rings (SSSR count). The number of rotatable bonds is 4. The third-order valence-corrected chi connectivity index (χ3v) is 5.50. The molecule has 0 spiro atoms. The standard InChI is InChI=1S/C17H22N4OS/c1-2-7-20(6-1)17-19-15(13-23-17)16-12-22-9-8-21(16)11-14-4-3-5-18-10-14/h3-5,10,13,16H,1-2,6-9,11-12H2/t16-/m1/s1. The molecule has 0 N–H and O–H groups in total. The Hall–Kier alpha value is -1.50. The summed E-state index contributed by atoms with van der Waals surface area (Å²) in [4.78, 5) is 14.0. The van der Waals surface area contributed by atoms with Crippen LogP contribution >= 0.6 is 11.3 Å². The maximum absolute atomic E-state index is 5.73. The number of anilines is 1. The molecule has 0 amide bonds. The number of nitrogens with zero attached hydrogens (tertiary/aromatic N) is 4. The lowest BCUT2D eigenvalue weighted by Crippen LogP contribution is -2.39. The Balaban J connectivity index is 1.50. The molecule has 5 nitrogen and oxygen atoms in total. The zero-order valence-electron chi connectivity index (χ0n) is 13.2. The number of hydrogen-bond acceptors (Lipinski definition) is 6. The molecule has 2 aromatic heterocycles. The molecule has 0 radical (unpaired) electrons. The van der Waals surface area contributed by atoms with E-state index in [0.29, 0.717) is 0 Å². The first kappa shape index (κ1) is 15.1. The Morgan fingerprint density at radius 2 is 2.17 bits per heavy atom. The van der Waals surface area contributed by atoms with Crippen molar-refractivity contribution in [1.82, 2.24) is 14.9 Å². The molecule has 0 aromatic carbocycles. The molecule has 2 aromatic rings. The van der Waals surface area contributed by atoms with Crippen LogP contribution in [-0.2, 0) is 11.3 Å². The number of morpholine rings is 1. The summed E-state index contributed by atoms with van der Waals surface area (Å²) in [7, 11) is 0. The smallest absolute Gasteiger partial charge is 0.185 e. The molecule has 6 heteroatoms. The molecule has 0 unspecified atom stereocenters. The van der Waals surface area contributed by atoms with Crippen molar-refractivity contribution in [2.45, 2.75) is 25.4 Å². The summed E-state index contributed by atoms with van der Waals surface area (Å²) in [5.41, 5.74) is 2.40. The highest BCUT2D eigenvalue weighted by atomic mass is 32.1. The predicted octanol–water partition coefficient (Wildman–Crippen LogP) is 2.71. The van der Waals surface area contributed by atoms with E-state index in [1.807, 2.05) is 18.5 Å². The first-order chi connectivity index (χ1) is 11.4. The Bertz CT molecular complexity index is 627. The normalized spacial score (nSPS) is 22.6. The summed E-state index contributed by atoms with van der Waals surface area (Å²) in [5, 5.41) is 3.38. The zero-order valence-corrected chi connectivity index (χ0v) is 14.0. The fraction of sp³-hybridized carbons (Fsp3) is 0.529. The van der Waals surface area contributed by atoms with Gasteiger partial charge in [0.05, 0.1) is 24.9 Å². The first-order valence-corrected chi connectivity index (χ1v) is 9.19. The van der Waals surface area contributed by atoms with E-state index >= 15 is 0 Å². The van der Waals surface area contributed by atoms with E-state index in [2.05, 4.69) is 26.2 Å². The molecule has 23 heavy (non-hydrogen) atoms. The van der Waals surface area contributed by atoms with Crippen molar-refractivity contribution < 1.29 is 4.74 Å². The van der Waals surface area contributed by atoms with E-state index < -0.39 is 0 Å². The molecule has 1 atom stereocenters. The molecule has 0 aliphatic carbocycles. The minimum Gasteiger partial charge on any atom is -0.378 e. The van der Waals surface area contributed by atoms with E-state index in [4.69, 9.17) is 9.72 Å². The van der Waals surface area contributed by atoms with E-state index in [1.165, 1.54) is 23.5 Å². The van der Waals surface area contributed by atoms with Crippen LogP contribution in [0.2, 0.25) is 0 Å². The van der Waals surface area contributed by atoms with Crippen LogP contribution in [0.4, 0.5) is 5.13 Å². The third-order valence-electron chi connectivity index (χ3n) is 4.58. The minimum absolute atomic E-state index is 0.247. The second kappa shape index (κ2) is 6.95. The molecule has 2 fully saturated rings. The lowest BCUT2D eigenvalue weighted by atomic mass is 10.1. The predicted molar refractivity (Wildman–Crippen MR) is 91.8 cm³/mol. The van der Waals surface area contributed by atoms with Crippen molar-refractivity contribution in [3.05, 3.63) is 41.2 Å². The zero-order chi connectivity index (χ0) is 15.5. The van der Waals surface area contributed by atoms with Crippen LogP contribution in [-0.4, -0.2) is 47.7 Å². The van der Waals surface area contributed by atoms with Gasteiger partial charge < -0.3 is 9.64 Å². The van der Waals surface area contributed by atoms with Gasteiger partial charge in [-0.05, 0) is 24.5 Å². The first-order valence-electron chi connectivity index (χ1n) is 8.31. The maximum atomic E-state index is 5.73. The molecule has 4 heterocycles. The van der Waals surface area contributed by atoms with Crippen LogP contribution in [0.15, 0.2) is 29.9 Å². The monoisotopic (exact) mass is 330 g/mol. The summed E-state index contributed by atoms with van der Waals surface area (Å²) in [6.07, 6.45) is 6.34. The Morgan fingerprint density at radius 1 is 1.26 bits per heavy atom. The Morgan fingerprint density at radius 3 is 3.00 bits per heavy atom. The molecule has 2 aliphatic rings. The largest absolute Gasteiger partial charge is 0.378 e. The van der Waals surface area contributed by atoms with Gasteiger partial charge in [0.2, 0.25) is 0 Å². The van der Waals surface area contributed by atoms with Gasteiger partial charge in [-0.15, -0.1) is 11.3 Å². The molecular weight excluding hydrogens is 308 g/mol. The molecule has 2 saturated heterocycles. The van der Waals surface area contributed by atoms with E-state index in [9.17, 15) is 0 Å². The van der Waals surface area contributed by atoms with Gasteiger partial charge in [-0.25, -0.2) is 4.98 Å². The van der Waals surface area contributed by atoms with Gasteiger partial charge in [0.25, 0.3) is 0 Å². The van der Waals surface area contributed by atoms with Gasteiger partial charge in [0, 0.05) is 44.0 Å². The number of hydrogen-bond donors (Lipinski definition) is 0.